The highest BCUT2D eigenvalue weighted by molar-refractivity contribution is 9.11. The molecule has 0 heterocycles. The second kappa shape index (κ2) is 6.66. The molecule has 1 aromatic rings. The van der Waals surface area contributed by atoms with Crippen molar-refractivity contribution in [3.8, 4) is 5.75 Å². The summed E-state index contributed by atoms with van der Waals surface area (Å²) in [6.07, 6.45) is -4.81. The molecule has 0 amide bonds. The maximum absolute atomic E-state index is 12.5. The number of alkyl halides is 3. The third-order valence-corrected chi connectivity index (χ3v) is 3.71. The van der Waals surface area contributed by atoms with E-state index in [-0.39, 0.29) is 0 Å². The van der Waals surface area contributed by atoms with Gasteiger partial charge in [0.15, 0.2) is 5.92 Å². The monoisotopic (exact) mass is 419 g/mol. The molecule has 0 aliphatic heterocycles. The first-order valence-electron chi connectivity index (χ1n) is 5.23. The van der Waals surface area contributed by atoms with Gasteiger partial charge in [-0.05, 0) is 37.9 Å². The number of halogens is 5. The molecule has 112 valence electrons. The Morgan fingerprint density at radius 2 is 2.00 bits per heavy atom. The molecule has 0 aliphatic rings. The third kappa shape index (κ3) is 4.27. The number of carboxylic acid groups (broad SMARTS) is 1. The zero-order valence-corrected chi connectivity index (χ0v) is 13.3. The first-order chi connectivity index (χ1) is 9.16. The highest BCUT2D eigenvalue weighted by Crippen LogP contribution is 2.35. The van der Waals surface area contributed by atoms with Crippen molar-refractivity contribution >= 4 is 43.5 Å². The van der Waals surface area contributed by atoms with Crippen LogP contribution in [0.3, 0.4) is 0 Å². The van der Waals surface area contributed by atoms with E-state index in [1.165, 1.54) is 13.2 Å². The van der Waals surface area contributed by atoms with E-state index in [1.807, 2.05) is 0 Å². The number of hydrogen-bond donors (Lipinski definition) is 2. The van der Waals surface area contributed by atoms with Crippen molar-refractivity contribution < 1.29 is 27.8 Å². The first kappa shape index (κ1) is 17.1. The lowest BCUT2D eigenvalue weighted by atomic mass is 10.1. The van der Waals surface area contributed by atoms with Gasteiger partial charge in [-0.2, -0.15) is 13.2 Å². The summed E-state index contributed by atoms with van der Waals surface area (Å²) in [6, 6.07) is 3.05. The highest BCUT2D eigenvalue weighted by atomic mass is 79.9. The van der Waals surface area contributed by atoms with Crippen LogP contribution in [0.25, 0.3) is 0 Å². The van der Waals surface area contributed by atoms with E-state index >= 15 is 0 Å². The fourth-order valence-corrected chi connectivity index (χ4v) is 2.67. The fourth-order valence-electron chi connectivity index (χ4n) is 1.38. The summed E-state index contributed by atoms with van der Waals surface area (Å²) in [4.78, 5) is 10.6. The minimum Gasteiger partial charge on any atom is -0.495 e. The summed E-state index contributed by atoms with van der Waals surface area (Å²) < 4.78 is 43.7. The van der Waals surface area contributed by atoms with Crippen LogP contribution in [0.2, 0.25) is 0 Å². The number of carboxylic acids is 1. The molecule has 4 nitrogen and oxygen atoms in total. The van der Waals surface area contributed by atoms with Crippen molar-refractivity contribution in [1.29, 1.82) is 0 Å². The highest BCUT2D eigenvalue weighted by Gasteiger charge is 2.44. The Morgan fingerprint density at radius 3 is 2.45 bits per heavy atom. The Hall–Kier alpha value is -0.960. The fraction of sp³-hybridized carbons (Fsp3) is 0.364. The average molecular weight is 421 g/mol. The summed E-state index contributed by atoms with van der Waals surface area (Å²) in [6.45, 7) is -0.776. The number of hydrogen-bond acceptors (Lipinski definition) is 3. The summed E-state index contributed by atoms with van der Waals surface area (Å²) in [5, 5.41) is 11.1. The van der Waals surface area contributed by atoms with Crippen molar-refractivity contribution in [2.45, 2.75) is 6.18 Å². The van der Waals surface area contributed by atoms with E-state index in [4.69, 9.17) is 9.84 Å². The van der Waals surface area contributed by atoms with Crippen LogP contribution in [0.4, 0.5) is 18.9 Å². The number of anilines is 1. The van der Waals surface area contributed by atoms with Crippen LogP contribution >= 0.6 is 31.9 Å². The maximum atomic E-state index is 12.5. The molecule has 0 spiro atoms. The molecule has 0 fully saturated rings. The molecule has 0 bridgehead atoms. The largest absolute Gasteiger partial charge is 0.495 e. The normalized spacial score (nSPS) is 12.9. The van der Waals surface area contributed by atoms with E-state index < -0.39 is 24.6 Å². The van der Waals surface area contributed by atoms with E-state index in [1.54, 1.807) is 6.07 Å². The van der Waals surface area contributed by atoms with Gasteiger partial charge >= 0.3 is 12.1 Å². The van der Waals surface area contributed by atoms with E-state index in [9.17, 15) is 18.0 Å². The quantitative estimate of drug-likeness (QED) is 0.758. The summed E-state index contributed by atoms with van der Waals surface area (Å²) in [7, 11) is 1.41. The number of carbonyl (C=O) groups is 1. The van der Waals surface area contributed by atoms with Crippen LogP contribution in [0.5, 0.6) is 5.75 Å². The number of methoxy groups -OCH3 is 1. The molecular formula is C11H10Br2F3NO3. The van der Waals surface area contributed by atoms with Crippen molar-refractivity contribution in [1.82, 2.24) is 0 Å². The molecule has 0 aromatic heterocycles. The Balaban J connectivity index is 2.91. The van der Waals surface area contributed by atoms with Gasteiger partial charge in [-0.15, -0.1) is 0 Å². The molecule has 1 unspecified atom stereocenters. The predicted octanol–water partition coefficient (Wildman–Crippen LogP) is 3.90. The molecule has 2 N–H and O–H groups in total. The van der Waals surface area contributed by atoms with Crippen LogP contribution in [0.15, 0.2) is 21.1 Å². The average Bonchev–Trinajstić information content (AvgIpc) is 2.29. The van der Waals surface area contributed by atoms with Crippen LogP contribution < -0.4 is 10.1 Å². The van der Waals surface area contributed by atoms with E-state index in [0.717, 1.165) is 0 Å². The SMILES string of the molecule is COc1cc(NCC(C(=O)O)C(F)(F)F)c(Br)cc1Br. The second-order valence-electron chi connectivity index (χ2n) is 3.78. The summed E-state index contributed by atoms with van der Waals surface area (Å²) in [5.41, 5.74) is 0.306. The van der Waals surface area contributed by atoms with Crippen molar-refractivity contribution in [3.05, 3.63) is 21.1 Å². The lowest BCUT2D eigenvalue weighted by molar-refractivity contribution is -0.190. The van der Waals surface area contributed by atoms with Gasteiger partial charge in [-0.25, -0.2) is 0 Å². The zero-order chi connectivity index (χ0) is 15.5. The first-order valence-corrected chi connectivity index (χ1v) is 6.81. The Bertz CT molecular complexity index is 508. The van der Waals surface area contributed by atoms with Crippen LogP contribution in [-0.2, 0) is 4.79 Å². The molecular weight excluding hydrogens is 411 g/mol. The number of rotatable bonds is 5. The standard InChI is InChI=1S/C11H10Br2F3NO3/c1-20-9-3-8(6(12)2-7(9)13)17-4-5(10(18)19)11(14,15)16/h2-3,5,17H,4H2,1H3,(H,18,19). The van der Waals surface area contributed by atoms with Gasteiger partial charge in [0.05, 0.1) is 17.3 Å². The van der Waals surface area contributed by atoms with E-state index in [2.05, 4.69) is 37.2 Å². The maximum Gasteiger partial charge on any atom is 0.403 e. The van der Waals surface area contributed by atoms with Gasteiger partial charge in [0.25, 0.3) is 0 Å². The van der Waals surface area contributed by atoms with E-state index in [0.29, 0.717) is 20.4 Å². The van der Waals surface area contributed by atoms with Gasteiger partial charge in [-0.3, -0.25) is 4.79 Å². The number of nitrogens with one attached hydrogen (secondary N) is 1. The molecule has 1 aromatic carbocycles. The molecule has 0 aliphatic carbocycles. The van der Waals surface area contributed by atoms with Crippen molar-refractivity contribution in [2.75, 3.05) is 19.0 Å². The number of ether oxygens (including phenoxy) is 1. The van der Waals surface area contributed by atoms with Gasteiger partial charge < -0.3 is 15.2 Å². The lowest BCUT2D eigenvalue weighted by Gasteiger charge is -2.18. The van der Waals surface area contributed by atoms with Gasteiger partial charge in [0.2, 0.25) is 0 Å². The lowest BCUT2D eigenvalue weighted by Crippen LogP contribution is -2.36. The van der Waals surface area contributed by atoms with Gasteiger partial charge in [-0.1, -0.05) is 0 Å². The molecule has 0 saturated heterocycles. The zero-order valence-electron chi connectivity index (χ0n) is 10.1. The van der Waals surface area contributed by atoms with Gasteiger partial charge in [0, 0.05) is 17.1 Å². The predicted molar refractivity (Wildman–Crippen MR) is 74.1 cm³/mol. The van der Waals surface area contributed by atoms with Crippen LogP contribution in [-0.4, -0.2) is 30.9 Å². The Kier molecular flexibility index (Phi) is 5.69. The topological polar surface area (TPSA) is 58.6 Å². The second-order valence-corrected chi connectivity index (χ2v) is 5.49. The molecule has 1 rings (SSSR count). The minimum absolute atomic E-state index is 0.306. The van der Waals surface area contributed by atoms with Crippen molar-refractivity contribution in [2.24, 2.45) is 5.92 Å². The molecule has 20 heavy (non-hydrogen) atoms. The molecule has 0 radical (unpaired) electrons. The number of aliphatic carboxylic acids is 1. The smallest absolute Gasteiger partial charge is 0.403 e. The molecule has 9 heteroatoms. The van der Waals surface area contributed by atoms with Gasteiger partial charge in [0.1, 0.15) is 5.75 Å². The Labute approximate surface area is 129 Å². The third-order valence-electron chi connectivity index (χ3n) is 2.43. The summed E-state index contributed by atoms with van der Waals surface area (Å²) >= 11 is 6.39. The van der Waals surface area contributed by atoms with Crippen molar-refractivity contribution in [3.63, 3.8) is 0 Å². The van der Waals surface area contributed by atoms with Crippen LogP contribution in [0.1, 0.15) is 0 Å². The van der Waals surface area contributed by atoms with Crippen LogP contribution in [0, 0.1) is 5.92 Å². The minimum atomic E-state index is -4.81. The number of benzene rings is 1. The summed E-state index contributed by atoms with van der Waals surface area (Å²) in [5.74, 6) is -4.00. The molecule has 0 saturated carbocycles. The molecule has 1 atom stereocenters. The Morgan fingerprint density at radius 1 is 1.40 bits per heavy atom.